The zero-order chi connectivity index (χ0) is 71.8. The smallest absolute Gasteiger partial charge is 0.225 e. The molecule has 1 aliphatic carbocycles. The third-order valence-corrected chi connectivity index (χ3v) is 17.8. The number of piperidine rings is 1. The topological polar surface area (TPSA) is 101 Å². The van der Waals surface area contributed by atoms with Crippen LogP contribution in [-0.2, 0) is 4.79 Å². The molecule has 0 bridgehead atoms. The third kappa shape index (κ3) is 42.7. The lowest BCUT2D eigenvalue weighted by atomic mass is 9.73. The van der Waals surface area contributed by atoms with Gasteiger partial charge in [-0.1, -0.05) is 277 Å². The summed E-state index contributed by atoms with van der Waals surface area (Å²) in [5, 5.41) is 3.42. The molecule has 1 N–H and O–H groups in total. The molecule has 2 fully saturated rings. The lowest BCUT2D eigenvalue weighted by molar-refractivity contribution is -0.136. The summed E-state index contributed by atoms with van der Waals surface area (Å²) in [6.45, 7) is 74.2. The van der Waals surface area contributed by atoms with E-state index in [1.807, 2.05) is 31.0 Å². The van der Waals surface area contributed by atoms with Gasteiger partial charge in [-0.15, -0.1) is 11.3 Å². The standard InChI is InChI=1S/C12H23NO.C12H24.C11H17N.C9H16N2.C9H15NO.C9H15NS.C9H12.C9H18.C4H10/c1-9(2)11-5-7-13(8-6-11)12(14)10(3)4;1-9(2)11-5-7-12(8-6-11)10(3)4;1-8(2)10-6-5-7-11(12-10)9(3)4;1-6(2)8-5-10-9(11-8)7(3)4;2*1-6(2)8-5-11-9(10-8)7(3)4;1-8(2)9-6-4-3-5-7-9;1-8(2)6-5-7-9(3)4;1-4(2)3/h9-11H,5-8H2,1-4H3;9-12H,5-8H2,1-4H3;5-9H,1-4H3;5-7H,1-4H3,(H,10,11);2*5-7H,1-4H3;3-8H,1-2H3;5-6,8-9H,7H2,1-4H3;4H,1-3H3/b;;;;;;;6-5+;. The van der Waals surface area contributed by atoms with Crippen molar-refractivity contribution in [1.82, 2.24) is 29.8 Å². The number of hydrogen-bond acceptors (Lipinski definition) is 7. The zero-order valence-electron chi connectivity index (χ0n) is 66.8. The van der Waals surface area contributed by atoms with E-state index in [1.165, 1.54) is 78.3 Å². The van der Waals surface area contributed by atoms with Gasteiger partial charge in [0.05, 0.1) is 16.4 Å². The molecule has 1 aromatic carbocycles. The van der Waals surface area contributed by atoms with Crippen LogP contribution in [0.2, 0.25) is 0 Å². The summed E-state index contributed by atoms with van der Waals surface area (Å²) in [4.78, 5) is 34.8. The van der Waals surface area contributed by atoms with Crippen LogP contribution < -0.4 is 0 Å². The fourth-order valence-electron chi connectivity index (χ4n) is 9.80. The Labute approximate surface area is 581 Å². The Morgan fingerprint density at radius 1 is 0.505 bits per heavy atom. The summed E-state index contributed by atoms with van der Waals surface area (Å²) in [6, 6.07) is 16.8. The summed E-state index contributed by atoms with van der Waals surface area (Å²) in [5.41, 5.74) is 7.32. The number of nitrogens with zero attached hydrogens (tertiary/aromatic N) is 5. The van der Waals surface area contributed by atoms with Gasteiger partial charge in [0.1, 0.15) is 12.1 Å². The minimum Gasteiger partial charge on any atom is -0.448 e. The fraction of sp³-hybridized carbons (Fsp3) is 0.726. The number of nitrogens with one attached hydrogen (secondary N) is 1. The molecule has 0 atom stereocenters. The number of aromatic amines is 1. The SMILES string of the molecule is CC(C)/C=C/CC(C)C.CC(C)C.CC(C)C(=O)N1CCC(C(C)C)CC1.CC(C)C1CCC(C(C)C)CC1.CC(C)c1cccc(C(C)C)n1.CC(C)c1ccccc1.CC(C)c1cnc(C(C)C)[nH]1.CC(C)c1coc(C(C)C)n1.CC(C)c1csc(C(C)C)n1. The van der Waals surface area contributed by atoms with E-state index < -0.39 is 0 Å². The Kier molecular flexibility index (Phi) is 48.8. The molecule has 5 heterocycles. The Hall–Kier alpha value is -4.37. The van der Waals surface area contributed by atoms with Crippen LogP contribution in [-0.4, -0.2) is 48.8 Å². The number of oxazole rings is 1. The molecule has 0 spiro atoms. The molecule has 1 saturated heterocycles. The second-order valence-electron chi connectivity index (χ2n) is 32.0. The van der Waals surface area contributed by atoms with Crippen LogP contribution in [0.15, 0.2) is 82.9 Å². The molecule has 2 aliphatic rings. The number of aromatic nitrogens is 5. The van der Waals surface area contributed by atoms with Gasteiger partial charge >= 0.3 is 0 Å². The Morgan fingerprint density at radius 3 is 1.24 bits per heavy atom. The number of carbonyl (C=O) groups excluding carboxylic acids is 1. The van der Waals surface area contributed by atoms with Crippen LogP contribution in [0.25, 0.3) is 0 Å². The van der Waals surface area contributed by atoms with Crippen LogP contribution in [0.4, 0.5) is 0 Å². The summed E-state index contributed by atoms with van der Waals surface area (Å²) in [6.07, 6.45) is 17.8. The number of carbonyl (C=O) groups is 1. The molecule has 0 unspecified atom stereocenters. The summed E-state index contributed by atoms with van der Waals surface area (Å²) in [7, 11) is 0. The maximum Gasteiger partial charge on any atom is 0.225 e. The summed E-state index contributed by atoms with van der Waals surface area (Å²) >= 11 is 1.77. The van der Waals surface area contributed by atoms with Crippen molar-refractivity contribution in [3.05, 3.63) is 129 Å². The predicted octanol–water partition coefficient (Wildman–Crippen LogP) is 26.7. The monoisotopic (exact) mass is 1310 g/mol. The maximum atomic E-state index is 11.7. The average molecular weight is 1310 g/mol. The fourth-order valence-corrected chi connectivity index (χ4v) is 10.8. The van der Waals surface area contributed by atoms with Gasteiger partial charge in [0.25, 0.3) is 0 Å². The van der Waals surface area contributed by atoms with E-state index in [2.05, 4.69) is 300 Å². The number of imidazole rings is 1. The predicted molar refractivity (Wildman–Crippen MR) is 413 cm³/mol. The molecule has 93 heavy (non-hydrogen) atoms. The quantitative estimate of drug-likeness (QED) is 0.0988. The number of pyridine rings is 1. The van der Waals surface area contributed by atoms with Gasteiger partial charge in [0, 0.05) is 65.4 Å². The molecule has 8 nitrogen and oxygen atoms in total. The number of rotatable bonds is 16. The van der Waals surface area contributed by atoms with Gasteiger partial charge < -0.3 is 14.3 Å². The highest BCUT2D eigenvalue weighted by Gasteiger charge is 2.26. The number of H-pyrrole nitrogens is 1. The second kappa shape index (κ2) is 50.0. The first kappa shape index (κ1) is 90.7. The number of hydrogen-bond donors (Lipinski definition) is 1. The number of allylic oxidation sites excluding steroid dienone is 2. The number of amides is 1. The van der Waals surface area contributed by atoms with Gasteiger partial charge in [0.2, 0.25) is 5.91 Å². The summed E-state index contributed by atoms with van der Waals surface area (Å²) in [5.74, 6) is 15.0. The van der Waals surface area contributed by atoms with Gasteiger partial charge in [-0.3, -0.25) is 9.78 Å². The van der Waals surface area contributed by atoms with Gasteiger partial charge in [-0.2, -0.15) is 0 Å². The van der Waals surface area contributed by atoms with Crippen LogP contribution in [0.1, 0.15) is 377 Å². The molecule has 1 amide bonds. The lowest BCUT2D eigenvalue weighted by Gasteiger charge is -2.34. The highest BCUT2D eigenvalue weighted by atomic mass is 32.1. The Bertz CT molecular complexity index is 2340. The highest BCUT2D eigenvalue weighted by molar-refractivity contribution is 7.09. The van der Waals surface area contributed by atoms with E-state index >= 15 is 0 Å². The molecule has 9 heteroatoms. The Morgan fingerprint density at radius 2 is 0.957 bits per heavy atom. The van der Waals surface area contributed by atoms with Crippen LogP contribution in [0.5, 0.6) is 0 Å². The summed E-state index contributed by atoms with van der Waals surface area (Å²) < 4.78 is 5.28. The van der Waals surface area contributed by atoms with Gasteiger partial charge in [-0.05, 0) is 151 Å². The molecule has 1 aliphatic heterocycles. The van der Waals surface area contributed by atoms with E-state index in [4.69, 9.17) is 4.42 Å². The van der Waals surface area contributed by atoms with Crippen molar-refractivity contribution in [2.45, 2.75) is 327 Å². The molecule has 4 aromatic heterocycles. The van der Waals surface area contributed by atoms with Gasteiger partial charge in [0.15, 0.2) is 5.89 Å². The molecular formula is C84H150N6O2S. The van der Waals surface area contributed by atoms with Crippen molar-refractivity contribution in [3.8, 4) is 0 Å². The molecule has 1 saturated carbocycles. The van der Waals surface area contributed by atoms with Crippen molar-refractivity contribution in [1.29, 1.82) is 0 Å². The number of benzene rings is 1. The van der Waals surface area contributed by atoms with Crippen LogP contribution in [0, 0.1) is 59.2 Å². The van der Waals surface area contributed by atoms with Crippen molar-refractivity contribution in [3.63, 3.8) is 0 Å². The lowest BCUT2D eigenvalue weighted by Crippen LogP contribution is -2.41. The largest absolute Gasteiger partial charge is 0.448 e. The normalized spacial score (nSPS) is 15.0. The van der Waals surface area contributed by atoms with Crippen LogP contribution >= 0.6 is 11.3 Å². The number of likely N-dealkylation sites (tertiary alicyclic amines) is 1. The van der Waals surface area contributed by atoms with Crippen LogP contribution in [0.3, 0.4) is 0 Å². The number of thiazole rings is 1. The highest BCUT2D eigenvalue weighted by Crippen LogP contribution is 2.36. The van der Waals surface area contributed by atoms with Crippen molar-refractivity contribution in [2.24, 2.45) is 59.2 Å². The molecule has 0 radical (unpaired) electrons. The third-order valence-electron chi connectivity index (χ3n) is 16.6. The minimum atomic E-state index is 0.158. The second-order valence-corrected chi connectivity index (χ2v) is 32.9. The molecule has 534 valence electrons. The van der Waals surface area contributed by atoms with Crippen molar-refractivity contribution < 1.29 is 9.21 Å². The van der Waals surface area contributed by atoms with Gasteiger partial charge in [-0.25, -0.2) is 15.0 Å². The maximum absolute atomic E-state index is 11.7. The van der Waals surface area contributed by atoms with E-state index in [0.29, 0.717) is 65.1 Å². The first-order valence-electron chi connectivity index (χ1n) is 37.2. The molecule has 5 aromatic rings. The molecular weight excluding hydrogens is 1160 g/mol. The van der Waals surface area contributed by atoms with E-state index in [-0.39, 0.29) is 5.92 Å². The van der Waals surface area contributed by atoms with E-state index in [9.17, 15) is 4.79 Å². The Balaban J connectivity index is 0. The first-order chi connectivity index (χ1) is 43.2. The zero-order valence-corrected chi connectivity index (χ0v) is 67.6. The van der Waals surface area contributed by atoms with Crippen molar-refractivity contribution in [2.75, 3.05) is 13.1 Å². The minimum absolute atomic E-state index is 0.158. The first-order valence-corrected chi connectivity index (χ1v) is 38.0. The van der Waals surface area contributed by atoms with Crippen molar-refractivity contribution >= 4 is 17.2 Å². The average Bonchev–Trinajstić information content (AvgIpc) is 2.12. The van der Waals surface area contributed by atoms with E-state index in [0.717, 1.165) is 77.8 Å². The molecule has 7 rings (SSSR count). The van der Waals surface area contributed by atoms with E-state index in [1.54, 1.807) is 17.6 Å².